The van der Waals surface area contributed by atoms with Gasteiger partial charge in [0, 0.05) is 16.1 Å². The smallest absolute Gasteiger partial charge is 0.236 e. The van der Waals surface area contributed by atoms with Gasteiger partial charge in [-0.25, -0.2) is 0 Å². The Bertz CT molecular complexity index is 591. The first-order chi connectivity index (χ1) is 8.25. The highest BCUT2D eigenvalue weighted by Crippen LogP contribution is 2.09. The van der Waals surface area contributed by atoms with Crippen LogP contribution in [0.15, 0.2) is 54.6 Å². The molecule has 82 valence electrons. The summed E-state index contributed by atoms with van der Waals surface area (Å²) < 4.78 is 0. The van der Waals surface area contributed by atoms with Crippen LogP contribution < -0.4 is 0 Å². The summed E-state index contributed by atoms with van der Waals surface area (Å²) in [6, 6.07) is 16.1. The van der Waals surface area contributed by atoms with E-state index < -0.39 is 0 Å². The van der Waals surface area contributed by atoms with Gasteiger partial charge in [-0.3, -0.25) is 4.79 Å². The summed E-state index contributed by atoms with van der Waals surface area (Å²) in [6.07, 6.45) is 0. The lowest BCUT2D eigenvalue weighted by Gasteiger charge is -1.92. The molecule has 2 heteroatoms. The molecule has 2 aromatic rings. The summed E-state index contributed by atoms with van der Waals surface area (Å²) in [5.41, 5.74) is 1.34. The molecule has 0 aromatic heterocycles. The van der Waals surface area contributed by atoms with Crippen LogP contribution in [0.3, 0.4) is 0 Å². The summed E-state index contributed by atoms with van der Waals surface area (Å²) in [5, 5.41) is 0.615. The molecule has 0 bridgehead atoms. The second-order valence-electron chi connectivity index (χ2n) is 3.46. The quantitative estimate of drug-likeness (QED) is 0.550. The lowest BCUT2D eigenvalue weighted by atomic mass is 10.1. The molecule has 0 N–H and O–H groups in total. The van der Waals surface area contributed by atoms with Crippen LogP contribution in [-0.2, 0) is 0 Å². The average Bonchev–Trinajstić information content (AvgIpc) is 2.37. The number of halogens is 1. The van der Waals surface area contributed by atoms with E-state index in [0.29, 0.717) is 10.6 Å². The van der Waals surface area contributed by atoms with Crippen molar-refractivity contribution in [3.63, 3.8) is 0 Å². The second kappa shape index (κ2) is 5.34. The van der Waals surface area contributed by atoms with Crippen molar-refractivity contribution in [2.75, 3.05) is 0 Å². The van der Waals surface area contributed by atoms with E-state index in [1.54, 1.807) is 30.3 Å². The predicted molar refractivity (Wildman–Crippen MR) is 69.1 cm³/mol. The number of carbonyl (C=O) groups is 1. The highest BCUT2D eigenvalue weighted by Gasteiger charge is 1.99. The molecule has 0 saturated carbocycles. The number of hydrogen-bond acceptors (Lipinski definition) is 1. The first-order valence-corrected chi connectivity index (χ1v) is 5.50. The van der Waals surface area contributed by atoms with Crippen molar-refractivity contribution in [1.29, 1.82) is 0 Å². The van der Waals surface area contributed by atoms with Crippen LogP contribution in [0.4, 0.5) is 0 Å². The molecule has 2 rings (SSSR count). The van der Waals surface area contributed by atoms with Crippen molar-refractivity contribution in [3.05, 3.63) is 70.7 Å². The number of rotatable bonds is 1. The van der Waals surface area contributed by atoms with Gasteiger partial charge < -0.3 is 0 Å². The number of carbonyl (C=O) groups excluding carboxylic acids is 1. The standard InChI is InChI=1S/C15H9ClO/c16-14-8-4-5-12(11-14)9-10-15(17)13-6-2-1-3-7-13/h1-8,11H. The summed E-state index contributed by atoms with van der Waals surface area (Å²) in [7, 11) is 0. The predicted octanol–water partition coefficient (Wildman–Crippen LogP) is 3.57. The van der Waals surface area contributed by atoms with Crippen molar-refractivity contribution in [1.82, 2.24) is 0 Å². The maximum atomic E-state index is 11.7. The zero-order valence-corrected chi connectivity index (χ0v) is 9.74. The highest BCUT2D eigenvalue weighted by atomic mass is 35.5. The van der Waals surface area contributed by atoms with E-state index in [4.69, 9.17) is 11.6 Å². The van der Waals surface area contributed by atoms with Crippen LogP contribution in [0.2, 0.25) is 5.02 Å². The van der Waals surface area contributed by atoms with E-state index in [0.717, 1.165) is 5.56 Å². The van der Waals surface area contributed by atoms with Crippen molar-refractivity contribution in [2.45, 2.75) is 0 Å². The maximum absolute atomic E-state index is 11.7. The Morgan fingerprint density at radius 3 is 2.47 bits per heavy atom. The molecule has 0 amide bonds. The third kappa shape index (κ3) is 3.21. The van der Waals surface area contributed by atoms with Gasteiger partial charge in [-0.2, -0.15) is 0 Å². The molecular weight excluding hydrogens is 232 g/mol. The molecule has 0 atom stereocenters. The monoisotopic (exact) mass is 240 g/mol. The van der Waals surface area contributed by atoms with Gasteiger partial charge in [0.05, 0.1) is 0 Å². The second-order valence-corrected chi connectivity index (χ2v) is 3.89. The van der Waals surface area contributed by atoms with Crippen molar-refractivity contribution in [3.8, 4) is 11.8 Å². The molecule has 0 spiro atoms. The number of ketones is 1. The van der Waals surface area contributed by atoms with E-state index in [2.05, 4.69) is 11.8 Å². The highest BCUT2D eigenvalue weighted by molar-refractivity contribution is 6.30. The first-order valence-electron chi connectivity index (χ1n) is 5.13. The zero-order valence-electron chi connectivity index (χ0n) is 8.98. The molecule has 0 saturated heterocycles. The first kappa shape index (κ1) is 11.4. The van der Waals surface area contributed by atoms with Crippen molar-refractivity contribution >= 4 is 17.4 Å². The Hall–Kier alpha value is -2.04. The fourth-order valence-electron chi connectivity index (χ4n) is 1.36. The van der Waals surface area contributed by atoms with Gasteiger partial charge in [0.2, 0.25) is 5.78 Å². The fourth-order valence-corrected chi connectivity index (χ4v) is 1.55. The summed E-state index contributed by atoms with van der Waals surface area (Å²) in [4.78, 5) is 11.7. The van der Waals surface area contributed by atoms with Gasteiger partial charge in [0.25, 0.3) is 0 Å². The Balaban J connectivity index is 2.20. The van der Waals surface area contributed by atoms with Crippen molar-refractivity contribution in [2.24, 2.45) is 0 Å². The van der Waals surface area contributed by atoms with E-state index in [1.165, 1.54) is 0 Å². The van der Waals surface area contributed by atoms with Crippen LogP contribution in [0.1, 0.15) is 15.9 Å². The number of hydrogen-bond donors (Lipinski definition) is 0. The average molecular weight is 241 g/mol. The number of Topliss-reactive ketones (excluding diaryl/α,β-unsaturated/α-hetero) is 1. The molecule has 0 fully saturated rings. The topological polar surface area (TPSA) is 17.1 Å². The van der Waals surface area contributed by atoms with Crippen LogP contribution in [0, 0.1) is 11.8 Å². The molecule has 17 heavy (non-hydrogen) atoms. The lowest BCUT2D eigenvalue weighted by Crippen LogP contribution is -1.93. The normalized spacial score (nSPS) is 9.24. The van der Waals surface area contributed by atoms with Gasteiger partial charge in [0.15, 0.2) is 0 Å². The van der Waals surface area contributed by atoms with Crippen molar-refractivity contribution < 1.29 is 4.79 Å². The molecule has 0 aliphatic heterocycles. The third-order valence-corrected chi connectivity index (χ3v) is 2.42. The summed E-state index contributed by atoms with van der Waals surface area (Å²) >= 11 is 5.82. The van der Waals surface area contributed by atoms with Crippen LogP contribution in [0.5, 0.6) is 0 Å². The van der Waals surface area contributed by atoms with Gasteiger partial charge in [-0.1, -0.05) is 53.9 Å². The third-order valence-electron chi connectivity index (χ3n) is 2.18. The molecule has 0 aliphatic carbocycles. The van der Waals surface area contributed by atoms with Crippen LogP contribution in [0.25, 0.3) is 0 Å². The summed E-state index contributed by atoms with van der Waals surface area (Å²) in [5.74, 6) is 5.21. The molecular formula is C15H9ClO. The molecule has 0 aliphatic rings. The van der Waals surface area contributed by atoms with Crippen LogP contribution in [-0.4, -0.2) is 5.78 Å². The van der Waals surface area contributed by atoms with Gasteiger partial charge in [0.1, 0.15) is 0 Å². The summed E-state index contributed by atoms with van der Waals surface area (Å²) in [6.45, 7) is 0. The largest absolute Gasteiger partial charge is 0.279 e. The lowest BCUT2D eigenvalue weighted by molar-refractivity contribution is 0.105. The Labute approximate surface area is 105 Å². The van der Waals surface area contributed by atoms with E-state index in [1.807, 2.05) is 24.3 Å². The maximum Gasteiger partial charge on any atom is 0.236 e. The Morgan fingerprint density at radius 1 is 1.00 bits per heavy atom. The zero-order chi connectivity index (χ0) is 12.1. The molecule has 0 unspecified atom stereocenters. The van der Waals surface area contributed by atoms with Gasteiger partial charge >= 0.3 is 0 Å². The number of benzene rings is 2. The minimum absolute atomic E-state index is 0.189. The molecule has 0 radical (unpaired) electrons. The SMILES string of the molecule is O=C(C#Cc1cccc(Cl)c1)c1ccccc1. The van der Waals surface area contributed by atoms with E-state index in [-0.39, 0.29) is 5.78 Å². The minimum atomic E-state index is -0.189. The van der Waals surface area contributed by atoms with E-state index in [9.17, 15) is 4.79 Å². The molecule has 1 nitrogen and oxygen atoms in total. The fraction of sp³-hybridized carbons (Fsp3) is 0. The molecule has 0 heterocycles. The van der Waals surface area contributed by atoms with E-state index >= 15 is 0 Å². The Kier molecular flexibility index (Phi) is 3.59. The minimum Gasteiger partial charge on any atom is -0.279 e. The van der Waals surface area contributed by atoms with Gasteiger partial charge in [-0.05, 0) is 24.1 Å². The molecule has 2 aromatic carbocycles. The van der Waals surface area contributed by atoms with Gasteiger partial charge in [-0.15, -0.1) is 0 Å². The van der Waals surface area contributed by atoms with Crippen LogP contribution >= 0.6 is 11.6 Å². The Morgan fingerprint density at radius 2 is 1.76 bits per heavy atom.